The number of benzene rings is 3. The molecule has 0 radical (unpaired) electrons. The first-order valence-corrected chi connectivity index (χ1v) is 9.13. The first-order valence-electron chi connectivity index (χ1n) is 9.13. The van der Waals surface area contributed by atoms with E-state index in [9.17, 15) is 15.3 Å². The van der Waals surface area contributed by atoms with Gasteiger partial charge in [-0.1, -0.05) is 36.4 Å². The molecule has 0 amide bonds. The standard InChI is InChI=1S/C24H26O3/c1-14-7-19(8-15(2)23(14)26)11-18-5-6-22(25)21(12-18)13-20-9-16(3)24(27)17(4)10-20/h5-10,12,25-27H,11,13H2,1-4H3. The third-order valence-corrected chi connectivity index (χ3v) is 5.05. The van der Waals surface area contributed by atoms with Gasteiger partial charge in [0.15, 0.2) is 0 Å². The summed E-state index contributed by atoms with van der Waals surface area (Å²) in [6, 6.07) is 13.6. The van der Waals surface area contributed by atoms with Gasteiger partial charge in [0.2, 0.25) is 0 Å². The van der Waals surface area contributed by atoms with Crippen LogP contribution in [0.3, 0.4) is 0 Å². The predicted molar refractivity (Wildman–Crippen MR) is 109 cm³/mol. The number of aromatic hydroxyl groups is 3. The maximum atomic E-state index is 10.3. The van der Waals surface area contributed by atoms with Crippen LogP contribution in [-0.4, -0.2) is 15.3 Å². The summed E-state index contributed by atoms with van der Waals surface area (Å²) in [5.41, 5.74) is 7.61. The van der Waals surface area contributed by atoms with E-state index < -0.39 is 0 Å². The molecule has 3 aromatic carbocycles. The van der Waals surface area contributed by atoms with Crippen molar-refractivity contribution in [1.82, 2.24) is 0 Å². The summed E-state index contributed by atoms with van der Waals surface area (Å²) in [5, 5.41) is 30.2. The maximum absolute atomic E-state index is 10.3. The number of phenolic OH excluding ortho intramolecular Hbond substituents is 3. The lowest BCUT2D eigenvalue weighted by Gasteiger charge is -2.12. The Morgan fingerprint density at radius 2 is 1.00 bits per heavy atom. The van der Waals surface area contributed by atoms with Crippen molar-refractivity contribution >= 4 is 0 Å². The van der Waals surface area contributed by atoms with Gasteiger partial charge < -0.3 is 15.3 Å². The van der Waals surface area contributed by atoms with Crippen molar-refractivity contribution in [1.29, 1.82) is 0 Å². The van der Waals surface area contributed by atoms with E-state index in [0.717, 1.165) is 50.9 Å². The summed E-state index contributed by atoms with van der Waals surface area (Å²) in [6.45, 7) is 7.59. The lowest BCUT2D eigenvalue weighted by molar-refractivity contribution is 0.466. The number of rotatable bonds is 4. The molecule has 140 valence electrons. The zero-order valence-electron chi connectivity index (χ0n) is 16.3. The van der Waals surface area contributed by atoms with Crippen LogP contribution in [0.5, 0.6) is 17.2 Å². The van der Waals surface area contributed by atoms with Crippen molar-refractivity contribution in [3.8, 4) is 17.2 Å². The lowest BCUT2D eigenvalue weighted by Crippen LogP contribution is -1.96. The maximum Gasteiger partial charge on any atom is 0.121 e. The first kappa shape index (κ1) is 18.8. The number of phenols is 3. The average Bonchev–Trinajstić information content (AvgIpc) is 2.60. The Balaban J connectivity index is 1.89. The normalized spacial score (nSPS) is 11.0. The van der Waals surface area contributed by atoms with Crippen molar-refractivity contribution in [2.24, 2.45) is 0 Å². The van der Waals surface area contributed by atoms with Gasteiger partial charge in [-0.05, 0) is 84.7 Å². The van der Waals surface area contributed by atoms with Crippen LogP contribution in [0.1, 0.15) is 44.5 Å². The summed E-state index contributed by atoms with van der Waals surface area (Å²) in [6.07, 6.45) is 1.35. The van der Waals surface area contributed by atoms with Crippen LogP contribution >= 0.6 is 0 Å². The van der Waals surface area contributed by atoms with Crippen molar-refractivity contribution in [2.45, 2.75) is 40.5 Å². The highest BCUT2D eigenvalue weighted by atomic mass is 16.3. The quantitative estimate of drug-likeness (QED) is 0.596. The highest BCUT2D eigenvalue weighted by molar-refractivity contribution is 5.47. The van der Waals surface area contributed by atoms with Crippen molar-refractivity contribution in [3.63, 3.8) is 0 Å². The molecule has 0 aliphatic carbocycles. The van der Waals surface area contributed by atoms with Crippen LogP contribution in [0, 0.1) is 27.7 Å². The molecule has 3 rings (SSSR count). The zero-order valence-corrected chi connectivity index (χ0v) is 16.3. The Kier molecular flexibility index (Phi) is 5.13. The number of hydrogen-bond donors (Lipinski definition) is 3. The average molecular weight is 362 g/mol. The minimum absolute atomic E-state index is 0.278. The van der Waals surface area contributed by atoms with E-state index in [1.54, 1.807) is 6.07 Å². The van der Waals surface area contributed by atoms with Crippen LogP contribution < -0.4 is 0 Å². The molecule has 0 saturated carbocycles. The molecule has 0 heterocycles. The predicted octanol–water partition coefficient (Wildman–Crippen LogP) is 5.22. The van der Waals surface area contributed by atoms with E-state index in [4.69, 9.17) is 0 Å². The first-order chi connectivity index (χ1) is 12.7. The molecular formula is C24H26O3. The Labute approximate surface area is 160 Å². The topological polar surface area (TPSA) is 60.7 Å². The van der Waals surface area contributed by atoms with Gasteiger partial charge in [-0.25, -0.2) is 0 Å². The monoisotopic (exact) mass is 362 g/mol. The molecule has 0 aliphatic rings. The minimum atomic E-state index is 0.278. The molecule has 0 atom stereocenters. The summed E-state index contributed by atoms with van der Waals surface area (Å²) < 4.78 is 0. The van der Waals surface area contributed by atoms with Crippen LogP contribution in [0.25, 0.3) is 0 Å². The fraction of sp³-hybridized carbons (Fsp3) is 0.250. The van der Waals surface area contributed by atoms with Gasteiger partial charge in [0, 0.05) is 6.42 Å². The van der Waals surface area contributed by atoms with E-state index in [1.165, 1.54) is 0 Å². The zero-order chi connectivity index (χ0) is 19.7. The molecule has 27 heavy (non-hydrogen) atoms. The molecule has 0 saturated heterocycles. The molecule has 0 spiro atoms. The Bertz CT molecular complexity index is 956. The number of aryl methyl sites for hydroxylation is 4. The van der Waals surface area contributed by atoms with Gasteiger partial charge >= 0.3 is 0 Å². The van der Waals surface area contributed by atoms with Crippen molar-refractivity contribution in [2.75, 3.05) is 0 Å². The van der Waals surface area contributed by atoms with E-state index >= 15 is 0 Å². The summed E-state index contributed by atoms with van der Waals surface area (Å²) in [7, 11) is 0. The fourth-order valence-electron chi connectivity index (χ4n) is 3.64. The minimum Gasteiger partial charge on any atom is -0.508 e. The smallest absolute Gasteiger partial charge is 0.121 e. The number of hydrogen-bond acceptors (Lipinski definition) is 3. The molecule has 3 heteroatoms. The molecule has 0 aliphatic heterocycles. The molecule has 3 nitrogen and oxygen atoms in total. The molecule has 3 aromatic rings. The van der Waals surface area contributed by atoms with Gasteiger partial charge in [-0.3, -0.25) is 0 Å². The van der Waals surface area contributed by atoms with Crippen LogP contribution in [0.4, 0.5) is 0 Å². The second-order valence-electron chi connectivity index (χ2n) is 7.47. The van der Waals surface area contributed by atoms with Crippen molar-refractivity contribution < 1.29 is 15.3 Å². The van der Waals surface area contributed by atoms with Crippen LogP contribution in [0.2, 0.25) is 0 Å². The molecule has 0 aromatic heterocycles. The second-order valence-corrected chi connectivity index (χ2v) is 7.47. The largest absolute Gasteiger partial charge is 0.508 e. The van der Waals surface area contributed by atoms with Gasteiger partial charge in [0.05, 0.1) is 0 Å². The fourth-order valence-corrected chi connectivity index (χ4v) is 3.64. The van der Waals surface area contributed by atoms with E-state index in [2.05, 4.69) is 0 Å². The van der Waals surface area contributed by atoms with E-state index in [0.29, 0.717) is 17.9 Å². The SMILES string of the molecule is Cc1cc(Cc2ccc(O)c(Cc3cc(C)c(O)c(C)c3)c2)cc(C)c1O. The summed E-state index contributed by atoms with van der Waals surface area (Å²) >= 11 is 0. The molecule has 3 N–H and O–H groups in total. The molecule has 0 unspecified atom stereocenters. The Morgan fingerprint density at radius 3 is 1.48 bits per heavy atom. The Hall–Kier alpha value is -2.94. The lowest BCUT2D eigenvalue weighted by atomic mass is 9.95. The molecule has 0 bridgehead atoms. The van der Waals surface area contributed by atoms with Gasteiger partial charge in [0.25, 0.3) is 0 Å². The molecular weight excluding hydrogens is 336 g/mol. The third-order valence-electron chi connectivity index (χ3n) is 5.05. The third kappa shape index (κ3) is 4.08. The van der Waals surface area contributed by atoms with Crippen molar-refractivity contribution in [3.05, 3.63) is 87.0 Å². The van der Waals surface area contributed by atoms with E-state index in [1.807, 2.05) is 64.1 Å². The van der Waals surface area contributed by atoms with Crippen LogP contribution in [0.15, 0.2) is 42.5 Å². The van der Waals surface area contributed by atoms with Gasteiger partial charge in [-0.2, -0.15) is 0 Å². The van der Waals surface area contributed by atoms with Gasteiger partial charge in [0.1, 0.15) is 17.2 Å². The second kappa shape index (κ2) is 7.36. The summed E-state index contributed by atoms with van der Waals surface area (Å²) in [5.74, 6) is 0.957. The Morgan fingerprint density at radius 1 is 0.556 bits per heavy atom. The van der Waals surface area contributed by atoms with Gasteiger partial charge in [-0.15, -0.1) is 0 Å². The van der Waals surface area contributed by atoms with E-state index in [-0.39, 0.29) is 5.75 Å². The van der Waals surface area contributed by atoms with Crippen LogP contribution in [-0.2, 0) is 12.8 Å². The highest BCUT2D eigenvalue weighted by Gasteiger charge is 2.10. The highest BCUT2D eigenvalue weighted by Crippen LogP contribution is 2.29. The summed E-state index contributed by atoms with van der Waals surface area (Å²) in [4.78, 5) is 0. The molecule has 0 fully saturated rings.